The molecule has 1 amide bonds. The number of ketones is 1. The lowest BCUT2D eigenvalue weighted by atomic mass is 9.95. The number of hydrogen-bond acceptors (Lipinski definition) is 9. The Hall–Kier alpha value is -3.67. The van der Waals surface area contributed by atoms with E-state index in [1.54, 1.807) is 30.3 Å². The van der Waals surface area contributed by atoms with E-state index in [0.29, 0.717) is 21.2 Å². The summed E-state index contributed by atoms with van der Waals surface area (Å²) in [5.41, 5.74) is 3.02. The van der Waals surface area contributed by atoms with Gasteiger partial charge < -0.3 is 14.9 Å². The molecule has 4 aromatic rings. The number of aliphatic hydroxyl groups is 1. The number of halogens is 1. The summed E-state index contributed by atoms with van der Waals surface area (Å²) in [6.45, 7) is 2.03. The first-order chi connectivity index (χ1) is 18.8. The smallest absolute Gasteiger partial charge is 0.301 e. The molecule has 0 aliphatic carbocycles. The fourth-order valence-electron chi connectivity index (χ4n) is 4.16. The minimum atomic E-state index is -1.02. The lowest BCUT2D eigenvalue weighted by molar-refractivity contribution is -0.132. The number of aromatic hydroxyl groups is 1. The van der Waals surface area contributed by atoms with Gasteiger partial charge >= 0.3 is 5.91 Å². The second kappa shape index (κ2) is 11.2. The fourth-order valence-corrected chi connectivity index (χ4v) is 6.25. The van der Waals surface area contributed by atoms with Gasteiger partial charge in [-0.3, -0.25) is 14.5 Å². The Morgan fingerprint density at radius 2 is 1.79 bits per heavy atom. The first-order valence-corrected chi connectivity index (χ1v) is 14.3. The van der Waals surface area contributed by atoms with Crippen LogP contribution in [0.15, 0.2) is 81.1 Å². The number of anilines is 1. The molecule has 0 bridgehead atoms. The van der Waals surface area contributed by atoms with Crippen molar-refractivity contribution in [1.82, 2.24) is 10.2 Å². The molecule has 1 aliphatic rings. The molecule has 0 saturated carbocycles. The van der Waals surface area contributed by atoms with Crippen molar-refractivity contribution in [2.24, 2.45) is 0 Å². The van der Waals surface area contributed by atoms with E-state index in [0.717, 1.165) is 10.0 Å². The maximum Gasteiger partial charge on any atom is 0.301 e. The van der Waals surface area contributed by atoms with E-state index in [4.69, 9.17) is 4.74 Å². The molecule has 1 aromatic heterocycles. The van der Waals surface area contributed by atoms with Gasteiger partial charge in [0.05, 0.1) is 18.7 Å². The molecule has 1 aliphatic heterocycles. The van der Waals surface area contributed by atoms with Crippen molar-refractivity contribution in [3.05, 3.63) is 99.0 Å². The SMILES string of the molecule is COc1cc(C2/C(=C(/O)c3ccc(Br)cc3)C(=O)C(=O)N2c2nnc(SCc3ccc(C)cc3)s2)ccc1O. The van der Waals surface area contributed by atoms with Crippen molar-refractivity contribution in [2.45, 2.75) is 23.1 Å². The number of aliphatic hydroxyl groups excluding tert-OH is 1. The number of benzene rings is 3. The number of aromatic nitrogens is 2. The van der Waals surface area contributed by atoms with Crippen molar-refractivity contribution in [2.75, 3.05) is 12.0 Å². The van der Waals surface area contributed by atoms with Crippen LogP contribution < -0.4 is 9.64 Å². The summed E-state index contributed by atoms with van der Waals surface area (Å²) in [6, 6.07) is 18.4. The average molecular weight is 625 g/mol. The zero-order chi connectivity index (χ0) is 27.7. The molecule has 5 rings (SSSR count). The van der Waals surface area contributed by atoms with Gasteiger partial charge in [-0.05, 0) is 42.3 Å². The van der Waals surface area contributed by atoms with Gasteiger partial charge in [0.2, 0.25) is 5.13 Å². The largest absolute Gasteiger partial charge is 0.507 e. The molecule has 1 atom stereocenters. The molecule has 2 N–H and O–H groups in total. The molecule has 11 heteroatoms. The summed E-state index contributed by atoms with van der Waals surface area (Å²) >= 11 is 6.02. The van der Waals surface area contributed by atoms with E-state index in [2.05, 4.69) is 26.1 Å². The standard InChI is InChI=1S/C28H22BrN3O5S2/c1-15-3-5-16(6-4-15)14-38-28-31-30-27(39-28)32-23(18-9-12-20(33)21(13-18)37-2)22(25(35)26(32)36)24(34)17-7-10-19(29)11-8-17/h3-13,23,33-34H,14H2,1-2H3/b24-22-. The predicted molar refractivity (Wildman–Crippen MR) is 154 cm³/mol. The number of nitrogens with zero attached hydrogens (tertiary/aromatic N) is 3. The Balaban J connectivity index is 1.56. The fraction of sp³-hybridized carbons (Fsp3) is 0.143. The van der Waals surface area contributed by atoms with Crippen molar-refractivity contribution in [3.8, 4) is 11.5 Å². The number of thioether (sulfide) groups is 1. The Morgan fingerprint density at radius 1 is 1.08 bits per heavy atom. The molecule has 0 radical (unpaired) electrons. The van der Waals surface area contributed by atoms with E-state index >= 15 is 0 Å². The van der Waals surface area contributed by atoms with Crippen LogP contribution in [-0.2, 0) is 15.3 Å². The predicted octanol–water partition coefficient (Wildman–Crippen LogP) is 6.24. The molecular formula is C28H22BrN3O5S2. The molecule has 1 unspecified atom stereocenters. The second-order valence-electron chi connectivity index (χ2n) is 8.73. The van der Waals surface area contributed by atoms with Gasteiger partial charge in [0.25, 0.3) is 5.78 Å². The summed E-state index contributed by atoms with van der Waals surface area (Å²) in [6.07, 6.45) is 0. The maximum atomic E-state index is 13.4. The van der Waals surface area contributed by atoms with E-state index < -0.39 is 17.7 Å². The highest BCUT2D eigenvalue weighted by Gasteiger charge is 2.48. The summed E-state index contributed by atoms with van der Waals surface area (Å²) in [5, 5.41) is 30.1. The van der Waals surface area contributed by atoms with Crippen LogP contribution in [0.1, 0.15) is 28.3 Å². The van der Waals surface area contributed by atoms with Gasteiger partial charge in [-0.1, -0.05) is 87.1 Å². The first kappa shape index (κ1) is 26.9. The minimum absolute atomic E-state index is 0.0980. The second-order valence-corrected chi connectivity index (χ2v) is 11.8. The van der Waals surface area contributed by atoms with Gasteiger partial charge in [-0.25, -0.2) is 0 Å². The topological polar surface area (TPSA) is 113 Å². The molecule has 39 heavy (non-hydrogen) atoms. The van der Waals surface area contributed by atoms with Crippen molar-refractivity contribution < 1.29 is 24.5 Å². The highest BCUT2D eigenvalue weighted by molar-refractivity contribution is 9.10. The average Bonchev–Trinajstić information content (AvgIpc) is 3.50. The monoisotopic (exact) mass is 623 g/mol. The van der Waals surface area contributed by atoms with Crippen molar-refractivity contribution in [3.63, 3.8) is 0 Å². The Kier molecular flexibility index (Phi) is 7.74. The van der Waals surface area contributed by atoms with E-state index in [1.807, 2.05) is 31.2 Å². The van der Waals surface area contributed by atoms with Crippen LogP contribution in [0.3, 0.4) is 0 Å². The number of carbonyl (C=O) groups excluding carboxylic acids is 2. The molecule has 198 valence electrons. The first-order valence-electron chi connectivity index (χ1n) is 11.7. The summed E-state index contributed by atoms with van der Waals surface area (Å²) in [4.78, 5) is 28.0. The highest BCUT2D eigenvalue weighted by Crippen LogP contribution is 2.45. The van der Waals surface area contributed by atoms with Gasteiger partial charge in [-0.2, -0.15) is 0 Å². The van der Waals surface area contributed by atoms with Crippen LogP contribution in [-0.4, -0.2) is 39.2 Å². The zero-order valence-corrected chi connectivity index (χ0v) is 24.0. The van der Waals surface area contributed by atoms with Gasteiger partial charge in [-0.15, -0.1) is 10.2 Å². The van der Waals surface area contributed by atoms with E-state index in [-0.39, 0.29) is 28.0 Å². The van der Waals surface area contributed by atoms with Crippen LogP contribution in [0.5, 0.6) is 11.5 Å². The maximum absolute atomic E-state index is 13.4. The van der Waals surface area contributed by atoms with Gasteiger partial charge in [0.15, 0.2) is 15.8 Å². The number of Topliss-reactive ketones (excluding diaryl/α,β-unsaturated/α-hetero) is 1. The van der Waals surface area contributed by atoms with Gasteiger partial charge in [0.1, 0.15) is 5.76 Å². The Labute approximate surface area is 241 Å². The summed E-state index contributed by atoms with van der Waals surface area (Å²) < 4.78 is 6.69. The van der Waals surface area contributed by atoms with Crippen molar-refractivity contribution >= 4 is 61.6 Å². The number of phenols is 1. The molecule has 1 fully saturated rings. The van der Waals surface area contributed by atoms with Gasteiger partial charge in [0, 0.05) is 15.8 Å². The number of rotatable bonds is 7. The molecule has 8 nitrogen and oxygen atoms in total. The summed E-state index contributed by atoms with van der Waals surface area (Å²) in [7, 11) is 1.40. The van der Waals surface area contributed by atoms with Crippen molar-refractivity contribution in [1.29, 1.82) is 0 Å². The molecule has 0 spiro atoms. The van der Waals surface area contributed by atoms with Crippen LogP contribution in [0.25, 0.3) is 5.76 Å². The summed E-state index contributed by atoms with van der Waals surface area (Å²) in [5.74, 6) is -1.28. The number of ether oxygens (including phenoxy) is 1. The van der Waals surface area contributed by atoms with Crippen LogP contribution in [0, 0.1) is 6.92 Å². The quantitative estimate of drug-likeness (QED) is 0.0817. The number of amides is 1. The zero-order valence-electron chi connectivity index (χ0n) is 20.8. The molecular weight excluding hydrogens is 602 g/mol. The number of methoxy groups -OCH3 is 1. The van der Waals surface area contributed by atoms with Crippen LogP contribution in [0.2, 0.25) is 0 Å². The molecule has 1 saturated heterocycles. The lowest BCUT2D eigenvalue weighted by Gasteiger charge is -2.23. The lowest BCUT2D eigenvalue weighted by Crippen LogP contribution is -2.29. The number of hydrogen-bond donors (Lipinski definition) is 2. The van der Waals surface area contributed by atoms with Crippen LogP contribution in [0.4, 0.5) is 5.13 Å². The number of aryl methyl sites for hydroxylation is 1. The Morgan fingerprint density at radius 3 is 2.49 bits per heavy atom. The third-order valence-electron chi connectivity index (χ3n) is 6.17. The minimum Gasteiger partial charge on any atom is -0.507 e. The molecule has 3 aromatic carbocycles. The number of carbonyl (C=O) groups is 2. The number of phenolic OH excluding ortho intramolecular Hbond substituents is 1. The van der Waals surface area contributed by atoms with Crippen LogP contribution >= 0.6 is 39.0 Å². The third kappa shape index (κ3) is 5.42. The normalized spacial score (nSPS) is 16.6. The Bertz CT molecular complexity index is 1590. The highest BCUT2D eigenvalue weighted by atomic mass is 79.9. The van der Waals surface area contributed by atoms with E-state index in [9.17, 15) is 19.8 Å². The molecule has 2 heterocycles. The van der Waals surface area contributed by atoms with E-state index in [1.165, 1.54) is 52.8 Å². The third-order valence-corrected chi connectivity index (χ3v) is 8.82.